The van der Waals surface area contributed by atoms with Gasteiger partial charge in [0.2, 0.25) is 5.91 Å². The normalized spacial score (nSPS) is 17.1. The van der Waals surface area contributed by atoms with Gasteiger partial charge >= 0.3 is 0 Å². The van der Waals surface area contributed by atoms with Crippen LogP contribution in [0.25, 0.3) is 0 Å². The van der Waals surface area contributed by atoms with Crippen molar-refractivity contribution in [1.29, 1.82) is 0 Å². The number of hydrogen-bond acceptors (Lipinski definition) is 3. The highest BCUT2D eigenvalue weighted by atomic mass is 16.2. The predicted molar refractivity (Wildman–Crippen MR) is 124 cm³/mol. The zero-order chi connectivity index (χ0) is 22.0. The summed E-state index contributed by atoms with van der Waals surface area (Å²) in [5, 5.41) is 0. The molecule has 0 bridgehead atoms. The minimum absolute atomic E-state index is 0.0204. The number of carbonyl (C=O) groups excluding carboxylic acids is 2. The maximum absolute atomic E-state index is 13.3. The number of para-hydroxylation sites is 1. The lowest BCUT2D eigenvalue weighted by molar-refractivity contribution is -0.119. The first kappa shape index (κ1) is 21.6. The Morgan fingerprint density at radius 3 is 2.23 bits per heavy atom. The van der Waals surface area contributed by atoms with E-state index in [0.717, 1.165) is 38.2 Å². The molecule has 2 aromatic rings. The van der Waals surface area contributed by atoms with Crippen molar-refractivity contribution in [2.75, 3.05) is 38.1 Å². The van der Waals surface area contributed by atoms with Crippen LogP contribution in [0, 0.1) is 5.92 Å². The molecule has 4 rings (SSSR count). The van der Waals surface area contributed by atoms with Crippen molar-refractivity contribution in [3.05, 3.63) is 65.2 Å². The molecule has 5 heteroatoms. The van der Waals surface area contributed by atoms with Crippen molar-refractivity contribution in [2.24, 2.45) is 5.92 Å². The molecule has 2 amide bonds. The summed E-state index contributed by atoms with van der Waals surface area (Å²) in [6, 6.07) is 16.4. The lowest BCUT2D eigenvalue weighted by Gasteiger charge is -2.35. The Kier molecular flexibility index (Phi) is 6.42. The van der Waals surface area contributed by atoms with Crippen molar-refractivity contribution in [1.82, 2.24) is 9.80 Å². The topological polar surface area (TPSA) is 43.9 Å². The minimum atomic E-state index is 0.0204. The number of amides is 2. The van der Waals surface area contributed by atoms with E-state index in [-0.39, 0.29) is 17.7 Å². The van der Waals surface area contributed by atoms with Crippen LogP contribution >= 0.6 is 0 Å². The number of carbonyl (C=O) groups is 2. The van der Waals surface area contributed by atoms with Gasteiger partial charge in [0.05, 0.1) is 11.3 Å². The zero-order valence-electron chi connectivity index (χ0n) is 18.9. The maximum atomic E-state index is 13.3. The molecule has 31 heavy (non-hydrogen) atoms. The Morgan fingerprint density at radius 2 is 1.61 bits per heavy atom. The summed E-state index contributed by atoms with van der Waals surface area (Å²) in [7, 11) is 1.79. The molecule has 1 heterocycles. The summed E-state index contributed by atoms with van der Waals surface area (Å²) in [6.45, 7) is 8.46. The number of anilines is 1. The Morgan fingerprint density at radius 1 is 0.968 bits per heavy atom. The van der Waals surface area contributed by atoms with Crippen LogP contribution in [0.2, 0.25) is 0 Å². The lowest BCUT2D eigenvalue weighted by Crippen LogP contribution is -2.48. The van der Waals surface area contributed by atoms with E-state index in [1.807, 2.05) is 29.2 Å². The highest BCUT2D eigenvalue weighted by Crippen LogP contribution is 2.33. The Hall–Kier alpha value is -2.66. The first-order valence-electron chi connectivity index (χ1n) is 11.4. The molecule has 2 fully saturated rings. The van der Waals surface area contributed by atoms with Crippen molar-refractivity contribution in [3.8, 4) is 0 Å². The molecular weight excluding hydrogens is 386 g/mol. The van der Waals surface area contributed by atoms with Crippen LogP contribution in [-0.2, 0) is 11.3 Å². The lowest BCUT2D eigenvalue weighted by atomic mass is 10.0. The van der Waals surface area contributed by atoms with Crippen LogP contribution in [0.5, 0.6) is 0 Å². The van der Waals surface area contributed by atoms with Crippen molar-refractivity contribution < 1.29 is 9.59 Å². The second-order valence-electron chi connectivity index (χ2n) is 9.15. The molecule has 1 aliphatic heterocycles. The van der Waals surface area contributed by atoms with Crippen LogP contribution in [0.15, 0.2) is 48.5 Å². The van der Waals surface area contributed by atoms with Gasteiger partial charge in [-0.15, -0.1) is 0 Å². The fraction of sp³-hybridized carbons (Fsp3) is 0.462. The smallest absolute Gasteiger partial charge is 0.256 e. The number of nitrogens with zero attached hydrogens (tertiary/aromatic N) is 3. The molecule has 1 saturated carbocycles. The highest BCUT2D eigenvalue weighted by Gasteiger charge is 2.34. The fourth-order valence-corrected chi connectivity index (χ4v) is 4.22. The number of benzene rings is 2. The number of rotatable bonds is 6. The fourth-order valence-electron chi connectivity index (χ4n) is 4.22. The summed E-state index contributed by atoms with van der Waals surface area (Å²) in [4.78, 5) is 31.8. The molecule has 0 radical (unpaired) electrons. The highest BCUT2D eigenvalue weighted by molar-refractivity contribution is 6.05. The zero-order valence-corrected chi connectivity index (χ0v) is 18.9. The van der Waals surface area contributed by atoms with E-state index in [0.29, 0.717) is 24.6 Å². The van der Waals surface area contributed by atoms with Crippen LogP contribution in [-0.4, -0.2) is 54.8 Å². The standard InChI is InChI=1S/C26H33N3O2/c1-19(2)21-10-8-20(9-11-21)18-28-14-16-29(17-15-28)26(31)23-6-4-5-7-24(23)27(3)25(30)22-12-13-22/h4-11,19,22H,12-18H2,1-3H3. The van der Waals surface area contributed by atoms with Gasteiger partial charge in [0.25, 0.3) is 5.91 Å². The largest absolute Gasteiger partial charge is 0.336 e. The summed E-state index contributed by atoms with van der Waals surface area (Å²) in [5.41, 5.74) is 4.02. The Balaban J connectivity index is 1.37. The third-order valence-electron chi connectivity index (χ3n) is 6.47. The van der Waals surface area contributed by atoms with Crippen LogP contribution < -0.4 is 4.90 Å². The van der Waals surface area contributed by atoms with Crippen LogP contribution in [0.4, 0.5) is 5.69 Å². The molecule has 0 atom stereocenters. The molecule has 1 aliphatic carbocycles. The van der Waals surface area contributed by atoms with Crippen LogP contribution in [0.3, 0.4) is 0 Å². The van der Waals surface area contributed by atoms with Gasteiger partial charge in [0.15, 0.2) is 0 Å². The van der Waals surface area contributed by atoms with Crippen molar-refractivity contribution in [2.45, 2.75) is 39.2 Å². The van der Waals surface area contributed by atoms with Gasteiger partial charge in [-0.3, -0.25) is 14.5 Å². The van der Waals surface area contributed by atoms with E-state index in [9.17, 15) is 9.59 Å². The Bertz CT molecular complexity index is 926. The second-order valence-corrected chi connectivity index (χ2v) is 9.15. The van der Waals surface area contributed by atoms with Gasteiger partial charge in [-0.1, -0.05) is 50.2 Å². The first-order chi connectivity index (χ1) is 14.9. The quantitative estimate of drug-likeness (QED) is 0.707. The van der Waals surface area contributed by atoms with Crippen molar-refractivity contribution >= 4 is 17.5 Å². The van der Waals surface area contributed by atoms with E-state index < -0.39 is 0 Å². The van der Waals surface area contributed by atoms with Gasteiger partial charge in [-0.25, -0.2) is 0 Å². The Labute approximate surface area is 185 Å². The molecule has 2 aromatic carbocycles. The number of hydrogen-bond donors (Lipinski definition) is 0. The van der Waals surface area contributed by atoms with Gasteiger partial charge in [0, 0.05) is 45.7 Å². The van der Waals surface area contributed by atoms with Crippen molar-refractivity contribution in [3.63, 3.8) is 0 Å². The molecule has 2 aliphatic rings. The van der Waals surface area contributed by atoms with Gasteiger partial charge in [-0.05, 0) is 42.0 Å². The predicted octanol–water partition coefficient (Wildman–Crippen LogP) is 4.14. The van der Waals surface area contributed by atoms with E-state index >= 15 is 0 Å². The average molecular weight is 420 g/mol. The first-order valence-corrected chi connectivity index (χ1v) is 11.4. The number of piperazine rings is 1. The summed E-state index contributed by atoms with van der Waals surface area (Å²) < 4.78 is 0. The van der Waals surface area contributed by atoms with E-state index in [1.165, 1.54) is 11.1 Å². The molecule has 0 N–H and O–H groups in total. The molecular formula is C26H33N3O2. The van der Waals surface area contributed by atoms with Gasteiger partial charge < -0.3 is 9.80 Å². The minimum Gasteiger partial charge on any atom is -0.336 e. The molecule has 0 unspecified atom stereocenters. The van der Waals surface area contributed by atoms with Gasteiger partial charge in [-0.2, -0.15) is 0 Å². The van der Waals surface area contributed by atoms with Gasteiger partial charge in [0.1, 0.15) is 0 Å². The molecule has 5 nitrogen and oxygen atoms in total. The second kappa shape index (κ2) is 9.23. The summed E-state index contributed by atoms with van der Waals surface area (Å²) in [5.74, 6) is 0.817. The third kappa shape index (κ3) is 4.99. The van der Waals surface area contributed by atoms with E-state index in [2.05, 4.69) is 43.0 Å². The molecule has 0 spiro atoms. The van der Waals surface area contributed by atoms with E-state index in [1.54, 1.807) is 11.9 Å². The third-order valence-corrected chi connectivity index (χ3v) is 6.47. The molecule has 164 valence electrons. The molecule has 0 aromatic heterocycles. The maximum Gasteiger partial charge on any atom is 0.256 e. The monoisotopic (exact) mass is 419 g/mol. The summed E-state index contributed by atoms with van der Waals surface area (Å²) >= 11 is 0. The molecule has 1 saturated heterocycles. The summed E-state index contributed by atoms with van der Waals surface area (Å²) in [6.07, 6.45) is 1.92. The SMILES string of the molecule is CC(C)c1ccc(CN2CCN(C(=O)c3ccccc3N(C)C(=O)C3CC3)CC2)cc1. The average Bonchev–Trinajstić information content (AvgIpc) is 3.64. The van der Waals surface area contributed by atoms with E-state index in [4.69, 9.17) is 0 Å². The van der Waals surface area contributed by atoms with Crippen LogP contribution in [0.1, 0.15) is 54.1 Å².